The molecule has 6 rings (SSSR count). The lowest BCUT2D eigenvalue weighted by atomic mass is 9.98. The topological polar surface area (TPSA) is 9.86 Å². The lowest BCUT2D eigenvalue weighted by Gasteiger charge is -2.15. The number of hydrogen-bond donors (Lipinski definition) is 0. The number of aromatic nitrogens is 2. The van der Waals surface area contributed by atoms with E-state index in [1.165, 1.54) is 77.0 Å². The van der Waals surface area contributed by atoms with Crippen LogP contribution in [0.2, 0.25) is 0 Å². The van der Waals surface area contributed by atoms with Gasteiger partial charge in [-0.1, -0.05) is 36.4 Å². The number of para-hydroxylation sites is 2. The van der Waals surface area contributed by atoms with E-state index >= 15 is 0 Å². The predicted molar refractivity (Wildman–Crippen MR) is 143 cm³/mol. The molecule has 0 unspecified atom stereocenters. The molecule has 6 aromatic rings. The fraction of sp³-hybridized carbons (Fsp3) is 0.226. The Morgan fingerprint density at radius 1 is 0.485 bits per heavy atom. The minimum atomic E-state index is 0.790. The van der Waals surface area contributed by atoms with Crippen LogP contribution >= 0.6 is 0 Å². The van der Waals surface area contributed by atoms with Crippen LogP contribution in [-0.2, 0) is 6.67 Å². The fourth-order valence-electron chi connectivity index (χ4n) is 5.77. The van der Waals surface area contributed by atoms with Gasteiger partial charge in [-0.05, 0) is 99.2 Å². The maximum atomic E-state index is 2.51. The molecule has 0 aliphatic carbocycles. The van der Waals surface area contributed by atoms with E-state index < -0.39 is 0 Å². The monoisotopic (exact) mass is 430 g/mol. The first kappa shape index (κ1) is 20.1. The van der Waals surface area contributed by atoms with Crippen LogP contribution in [0.5, 0.6) is 0 Å². The molecule has 4 aromatic carbocycles. The van der Waals surface area contributed by atoms with Gasteiger partial charge >= 0.3 is 0 Å². The molecule has 2 nitrogen and oxygen atoms in total. The van der Waals surface area contributed by atoms with Gasteiger partial charge in [0.15, 0.2) is 0 Å². The highest BCUT2D eigenvalue weighted by molar-refractivity contribution is 6.12. The van der Waals surface area contributed by atoms with Gasteiger partial charge in [-0.15, -0.1) is 0 Å². The van der Waals surface area contributed by atoms with E-state index in [9.17, 15) is 0 Å². The summed E-state index contributed by atoms with van der Waals surface area (Å²) in [6.07, 6.45) is 0. The molecule has 2 heteroatoms. The summed E-state index contributed by atoms with van der Waals surface area (Å²) in [5.41, 5.74) is 13.5. The van der Waals surface area contributed by atoms with Crippen LogP contribution in [0.1, 0.15) is 33.4 Å². The van der Waals surface area contributed by atoms with Gasteiger partial charge < -0.3 is 9.13 Å². The van der Waals surface area contributed by atoms with Crippen LogP contribution in [0.15, 0.2) is 60.7 Å². The average Bonchev–Trinajstić information content (AvgIpc) is 3.29. The minimum Gasteiger partial charge on any atom is -0.322 e. The van der Waals surface area contributed by atoms with Crippen molar-refractivity contribution in [2.75, 3.05) is 0 Å². The van der Waals surface area contributed by atoms with Crippen LogP contribution in [0.4, 0.5) is 0 Å². The van der Waals surface area contributed by atoms with Gasteiger partial charge in [-0.3, -0.25) is 0 Å². The molecule has 33 heavy (non-hydrogen) atoms. The lowest BCUT2D eigenvalue weighted by Crippen LogP contribution is -2.08. The summed E-state index contributed by atoms with van der Waals surface area (Å²) in [6.45, 7) is 14.3. The van der Waals surface area contributed by atoms with E-state index in [0.717, 1.165) is 6.67 Å². The number of benzene rings is 4. The van der Waals surface area contributed by atoms with Gasteiger partial charge in [-0.25, -0.2) is 0 Å². The molecule has 0 fully saturated rings. The van der Waals surface area contributed by atoms with Crippen LogP contribution < -0.4 is 0 Å². The molecule has 0 saturated heterocycles. The second-order valence-corrected chi connectivity index (χ2v) is 9.71. The third kappa shape index (κ3) is 2.67. The van der Waals surface area contributed by atoms with Gasteiger partial charge in [0.25, 0.3) is 0 Å². The maximum absolute atomic E-state index is 2.51. The zero-order valence-corrected chi connectivity index (χ0v) is 20.4. The second-order valence-electron chi connectivity index (χ2n) is 9.71. The largest absolute Gasteiger partial charge is 0.322 e. The third-order valence-electron chi connectivity index (χ3n) is 8.07. The Balaban J connectivity index is 1.74. The van der Waals surface area contributed by atoms with E-state index in [-0.39, 0.29) is 0 Å². The van der Waals surface area contributed by atoms with E-state index in [2.05, 4.69) is 111 Å². The maximum Gasteiger partial charge on any atom is 0.100 e. The molecule has 0 radical (unpaired) electrons. The van der Waals surface area contributed by atoms with Crippen molar-refractivity contribution >= 4 is 43.6 Å². The molecule has 0 aliphatic rings. The lowest BCUT2D eigenvalue weighted by molar-refractivity contribution is 0.682. The highest BCUT2D eigenvalue weighted by Crippen LogP contribution is 2.37. The van der Waals surface area contributed by atoms with Crippen molar-refractivity contribution in [2.24, 2.45) is 0 Å². The van der Waals surface area contributed by atoms with Crippen molar-refractivity contribution in [2.45, 2.75) is 48.2 Å². The second kappa shape index (κ2) is 6.99. The van der Waals surface area contributed by atoms with E-state index in [1.807, 2.05) is 0 Å². The molecule has 0 aliphatic heterocycles. The zero-order chi connectivity index (χ0) is 23.0. The molecule has 0 atom stereocenters. The molecule has 0 saturated carbocycles. The van der Waals surface area contributed by atoms with Crippen LogP contribution in [0.3, 0.4) is 0 Å². The molecule has 0 amide bonds. The number of rotatable bonds is 2. The van der Waals surface area contributed by atoms with Crippen molar-refractivity contribution in [3.05, 3.63) is 94.0 Å². The van der Waals surface area contributed by atoms with Crippen LogP contribution in [0.25, 0.3) is 43.6 Å². The first-order valence-electron chi connectivity index (χ1n) is 11.8. The molecule has 0 N–H and O–H groups in total. The minimum absolute atomic E-state index is 0.790. The Bertz CT molecular complexity index is 1610. The van der Waals surface area contributed by atoms with Crippen LogP contribution in [0, 0.1) is 41.5 Å². The van der Waals surface area contributed by atoms with Gasteiger partial charge in [-0.2, -0.15) is 0 Å². The molecule has 2 aromatic heterocycles. The first-order valence-corrected chi connectivity index (χ1v) is 11.8. The Hall–Kier alpha value is -3.52. The van der Waals surface area contributed by atoms with Gasteiger partial charge in [0.1, 0.15) is 6.67 Å². The summed E-state index contributed by atoms with van der Waals surface area (Å²) in [5, 5.41) is 5.46. The Kier molecular flexibility index (Phi) is 4.26. The van der Waals surface area contributed by atoms with E-state index in [1.54, 1.807) is 0 Å². The first-order chi connectivity index (χ1) is 15.9. The fourth-order valence-corrected chi connectivity index (χ4v) is 5.77. The summed E-state index contributed by atoms with van der Waals surface area (Å²) >= 11 is 0. The quantitative estimate of drug-likeness (QED) is 0.262. The SMILES string of the molecule is Cc1cc2c(c(C)c1C)c1ccccc1n2Cn1c2ccccc2c2c(C)c(C)c(C)cc21. The zero-order valence-electron chi connectivity index (χ0n) is 20.4. The molecule has 2 heterocycles. The summed E-state index contributed by atoms with van der Waals surface area (Å²) in [7, 11) is 0. The molecular formula is C31H30N2. The molecule has 164 valence electrons. The summed E-state index contributed by atoms with van der Waals surface area (Å²) in [5.74, 6) is 0. The number of aryl methyl sites for hydroxylation is 4. The van der Waals surface area contributed by atoms with Crippen LogP contribution in [-0.4, -0.2) is 9.13 Å². The smallest absolute Gasteiger partial charge is 0.100 e. The number of nitrogens with zero attached hydrogens (tertiary/aromatic N) is 2. The van der Waals surface area contributed by atoms with Gasteiger partial charge in [0.2, 0.25) is 0 Å². The van der Waals surface area contributed by atoms with Crippen molar-refractivity contribution in [1.29, 1.82) is 0 Å². The Morgan fingerprint density at radius 3 is 1.30 bits per heavy atom. The normalized spacial score (nSPS) is 12.1. The average molecular weight is 431 g/mol. The predicted octanol–water partition coefficient (Wildman–Crippen LogP) is 8.26. The molecule has 0 spiro atoms. The van der Waals surface area contributed by atoms with Crippen molar-refractivity contribution < 1.29 is 0 Å². The highest BCUT2D eigenvalue weighted by atomic mass is 15.2. The van der Waals surface area contributed by atoms with Crippen molar-refractivity contribution in [3.8, 4) is 0 Å². The number of fused-ring (bicyclic) bond motifs is 6. The Labute approximate surface area is 195 Å². The Morgan fingerprint density at radius 2 is 0.879 bits per heavy atom. The van der Waals surface area contributed by atoms with Crippen molar-refractivity contribution in [3.63, 3.8) is 0 Å². The summed E-state index contributed by atoms with van der Waals surface area (Å²) in [4.78, 5) is 0. The molecular weight excluding hydrogens is 400 g/mol. The van der Waals surface area contributed by atoms with Crippen molar-refractivity contribution in [1.82, 2.24) is 9.13 Å². The van der Waals surface area contributed by atoms with E-state index in [0.29, 0.717) is 0 Å². The highest BCUT2D eigenvalue weighted by Gasteiger charge is 2.19. The number of hydrogen-bond acceptors (Lipinski definition) is 0. The van der Waals surface area contributed by atoms with E-state index in [4.69, 9.17) is 0 Å². The summed E-state index contributed by atoms with van der Waals surface area (Å²) < 4.78 is 5.03. The molecule has 0 bridgehead atoms. The van der Waals surface area contributed by atoms with Gasteiger partial charge in [0, 0.05) is 21.5 Å². The third-order valence-corrected chi connectivity index (χ3v) is 8.07. The van der Waals surface area contributed by atoms with Gasteiger partial charge in [0.05, 0.1) is 22.1 Å². The summed E-state index contributed by atoms with van der Waals surface area (Å²) in [6, 6.07) is 22.5. The standard InChI is InChI=1S/C31H30N2/c1-18-15-28-30(22(5)20(18)3)24-11-7-9-13-26(24)32(28)17-33-27-14-10-8-12-25(27)31-23(6)21(4)19(2)16-29(31)33/h7-16H,17H2,1-6H3.